The highest BCUT2D eigenvalue weighted by atomic mass is 32.1. The molecule has 0 spiro atoms. The van der Waals surface area contributed by atoms with E-state index in [2.05, 4.69) is 64.0 Å². The van der Waals surface area contributed by atoms with Crippen LogP contribution in [0.25, 0.3) is 10.8 Å². The van der Waals surface area contributed by atoms with E-state index in [-0.39, 0.29) is 12.1 Å². The first-order valence-electron chi connectivity index (χ1n) is 8.54. The predicted octanol–water partition coefficient (Wildman–Crippen LogP) is 5.24. The van der Waals surface area contributed by atoms with E-state index in [4.69, 9.17) is 4.42 Å². The van der Waals surface area contributed by atoms with Gasteiger partial charge in [0.15, 0.2) is 0 Å². The Kier molecular flexibility index (Phi) is 4.91. The third-order valence-corrected chi connectivity index (χ3v) is 5.08. The van der Waals surface area contributed by atoms with Gasteiger partial charge in [0.2, 0.25) is 5.89 Å². The molecular weight excluding hydrogens is 342 g/mol. The summed E-state index contributed by atoms with van der Waals surface area (Å²) in [6.07, 6.45) is 0. The minimum atomic E-state index is -0.0818. The molecule has 4 rings (SSSR count). The molecular formula is C21H19N3OS. The molecule has 26 heavy (non-hydrogen) atoms. The summed E-state index contributed by atoms with van der Waals surface area (Å²) in [5, 5.41) is 14.1. The molecule has 4 aromatic rings. The number of aromatic nitrogens is 2. The van der Waals surface area contributed by atoms with E-state index in [0.717, 1.165) is 4.88 Å². The highest BCUT2D eigenvalue weighted by Crippen LogP contribution is 2.28. The molecule has 0 unspecified atom stereocenters. The first kappa shape index (κ1) is 16.7. The molecule has 2 aromatic heterocycles. The summed E-state index contributed by atoms with van der Waals surface area (Å²) in [4.78, 5) is 0.985. The molecule has 0 aliphatic rings. The molecule has 2 heterocycles. The summed E-state index contributed by atoms with van der Waals surface area (Å²) in [5.74, 6) is 1.16. The molecule has 0 amide bonds. The van der Waals surface area contributed by atoms with Crippen LogP contribution in [0.5, 0.6) is 0 Å². The Labute approximate surface area is 156 Å². The Morgan fingerprint density at radius 2 is 1.50 bits per heavy atom. The van der Waals surface area contributed by atoms with Gasteiger partial charge in [0.1, 0.15) is 0 Å². The van der Waals surface area contributed by atoms with Gasteiger partial charge in [-0.25, -0.2) is 0 Å². The number of thiophene rings is 1. The van der Waals surface area contributed by atoms with Gasteiger partial charge in [-0.1, -0.05) is 66.7 Å². The minimum absolute atomic E-state index is 0.0458. The van der Waals surface area contributed by atoms with E-state index in [9.17, 15) is 0 Å². The van der Waals surface area contributed by atoms with Crippen molar-refractivity contribution in [3.05, 3.63) is 95.2 Å². The van der Waals surface area contributed by atoms with E-state index >= 15 is 0 Å². The SMILES string of the molecule is C[C@@H](NC(c1ccccc1)c1ccccc1)c1nnc(-c2cccs2)o1. The second-order valence-corrected chi connectivity index (χ2v) is 7.01. The number of nitrogens with one attached hydrogen (secondary N) is 1. The van der Waals surface area contributed by atoms with Crippen molar-refractivity contribution in [3.8, 4) is 10.8 Å². The lowest BCUT2D eigenvalue weighted by molar-refractivity contribution is 0.403. The van der Waals surface area contributed by atoms with Crippen LogP contribution in [0, 0.1) is 0 Å². The lowest BCUT2D eigenvalue weighted by Gasteiger charge is -2.22. The second kappa shape index (κ2) is 7.64. The summed E-state index contributed by atoms with van der Waals surface area (Å²) in [6, 6.07) is 24.7. The van der Waals surface area contributed by atoms with Gasteiger partial charge in [-0.3, -0.25) is 5.32 Å². The summed E-state index contributed by atoms with van der Waals surface area (Å²) >= 11 is 1.59. The molecule has 5 heteroatoms. The Hall–Kier alpha value is -2.76. The molecule has 0 radical (unpaired) electrons. The predicted molar refractivity (Wildman–Crippen MR) is 104 cm³/mol. The van der Waals surface area contributed by atoms with Gasteiger partial charge in [0.25, 0.3) is 5.89 Å². The second-order valence-electron chi connectivity index (χ2n) is 6.07. The van der Waals surface area contributed by atoms with Crippen LogP contribution in [0.4, 0.5) is 0 Å². The van der Waals surface area contributed by atoms with Crippen molar-refractivity contribution in [2.75, 3.05) is 0 Å². The topological polar surface area (TPSA) is 51.0 Å². The number of rotatable bonds is 6. The summed E-state index contributed by atoms with van der Waals surface area (Å²) in [5.41, 5.74) is 2.40. The average Bonchev–Trinajstić information content (AvgIpc) is 3.39. The number of hydrogen-bond donors (Lipinski definition) is 1. The van der Waals surface area contributed by atoms with Crippen LogP contribution in [-0.4, -0.2) is 10.2 Å². The van der Waals surface area contributed by atoms with Gasteiger partial charge in [0, 0.05) is 0 Å². The van der Waals surface area contributed by atoms with Crippen molar-refractivity contribution in [1.82, 2.24) is 15.5 Å². The van der Waals surface area contributed by atoms with Crippen LogP contribution in [-0.2, 0) is 0 Å². The van der Waals surface area contributed by atoms with E-state index in [1.807, 2.05) is 36.6 Å². The van der Waals surface area contributed by atoms with Crippen LogP contribution in [0.2, 0.25) is 0 Å². The molecule has 0 fully saturated rings. The summed E-state index contributed by atoms with van der Waals surface area (Å²) < 4.78 is 5.89. The molecule has 2 aromatic carbocycles. The standard InChI is InChI=1S/C21H19N3OS/c1-15(20-23-24-21(25-20)18-13-8-14-26-18)22-19(16-9-4-2-5-10-16)17-11-6-3-7-12-17/h2-15,19,22H,1H3/t15-/m1/s1. The average molecular weight is 361 g/mol. The highest BCUT2D eigenvalue weighted by molar-refractivity contribution is 7.13. The highest BCUT2D eigenvalue weighted by Gasteiger charge is 2.21. The van der Waals surface area contributed by atoms with Gasteiger partial charge < -0.3 is 4.42 Å². The molecule has 0 saturated carbocycles. The normalized spacial score (nSPS) is 12.4. The van der Waals surface area contributed by atoms with Gasteiger partial charge in [-0.05, 0) is 29.5 Å². The third kappa shape index (κ3) is 3.59. The molecule has 0 bridgehead atoms. The van der Waals surface area contributed by atoms with E-state index in [0.29, 0.717) is 11.8 Å². The van der Waals surface area contributed by atoms with Crippen molar-refractivity contribution in [3.63, 3.8) is 0 Å². The maximum absolute atomic E-state index is 5.89. The molecule has 0 aliphatic heterocycles. The molecule has 130 valence electrons. The zero-order chi connectivity index (χ0) is 17.8. The third-order valence-electron chi connectivity index (χ3n) is 4.23. The first-order chi connectivity index (χ1) is 12.8. The van der Waals surface area contributed by atoms with Crippen LogP contribution >= 0.6 is 11.3 Å². The van der Waals surface area contributed by atoms with Crippen LogP contribution in [0.15, 0.2) is 82.6 Å². The Bertz CT molecular complexity index is 896. The Morgan fingerprint density at radius 1 is 0.846 bits per heavy atom. The van der Waals surface area contributed by atoms with Gasteiger partial charge in [0.05, 0.1) is 17.0 Å². The maximum atomic E-state index is 5.89. The van der Waals surface area contributed by atoms with Crippen molar-refractivity contribution in [2.45, 2.75) is 19.0 Å². The first-order valence-corrected chi connectivity index (χ1v) is 9.42. The summed E-state index contributed by atoms with van der Waals surface area (Å²) in [7, 11) is 0. The Balaban J connectivity index is 1.60. The molecule has 0 aliphatic carbocycles. The summed E-state index contributed by atoms with van der Waals surface area (Å²) in [6.45, 7) is 2.05. The smallest absolute Gasteiger partial charge is 0.257 e. The molecule has 1 atom stereocenters. The maximum Gasteiger partial charge on any atom is 0.257 e. The monoisotopic (exact) mass is 361 g/mol. The zero-order valence-electron chi connectivity index (χ0n) is 14.4. The fraction of sp³-hybridized carbons (Fsp3) is 0.143. The van der Waals surface area contributed by atoms with Crippen molar-refractivity contribution >= 4 is 11.3 Å². The number of benzene rings is 2. The van der Waals surface area contributed by atoms with E-state index in [1.54, 1.807) is 11.3 Å². The molecule has 1 N–H and O–H groups in total. The zero-order valence-corrected chi connectivity index (χ0v) is 15.2. The Morgan fingerprint density at radius 3 is 2.08 bits per heavy atom. The number of hydrogen-bond acceptors (Lipinski definition) is 5. The lowest BCUT2D eigenvalue weighted by atomic mass is 9.98. The van der Waals surface area contributed by atoms with Crippen LogP contribution < -0.4 is 5.32 Å². The fourth-order valence-electron chi connectivity index (χ4n) is 2.91. The van der Waals surface area contributed by atoms with Crippen LogP contribution in [0.3, 0.4) is 0 Å². The lowest BCUT2D eigenvalue weighted by Crippen LogP contribution is -2.25. The fourth-order valence-corrected chi connectivity index (χ4v) is 3.55. The molecule has 0 saturated heterocycles. The van der Waals surface area contributed by atoms with Crippen LogP contribution in [0.1, 0.15) is 36.0 Å². The quantitative estimate of drug-likeness (QED) is 0.510. The van der Waals surface area contributed by atoms with Crippen molar-refractivity contribution < 1.29 is 4.42 Å². The van der Waals surface area contributed by atoms with Gasteiger partial charge >= 0.3 is 0 Å². The van der Waals surface area contributed by atoms with Crippen molar-refractivity contribution in [1.29, 1.82) is 0 Å². The van der Waals surface area contributed by atoms with E-state index in [1.165, 1.54) is 11.1 Å². The van der Waals surface area contributed by atoms with Gasteiger partial charge in [-0.2, -0.15) is 0 Å². The van der Waals surface area contributed by atoms with Crippen molar-refractivity contribution in [2.24, 2.45) is 0 Å². The number of nitrogens with zero attached hydrogens (tertiary/aromatic N) is 2. The minimum Gasteiger partial charge on any atom is -0.418 e. The molecule has 4 nitrogen and oxygen atoms in total. The van der Waals surface area contributed by atoms with Gasteiger partial charge in [-0.15, -0.1) is 21.5 Å². The van der Waals surface area contributed by atoms with E-state index < -0.39 is 0 Å². The largest absolute Gasteiger partial charge is 0.418 e.